The third kappa shape index (κ3) is 5.09. The highest BCUT2D eigenvalue weighted by Crippen LogP contribution is 2.54. The molecule has 2 aliphatic rings. The summed E-state index contributed by atoms with van der Waals surface area (Å²) in [5.41, 5.74) is 0.468. The number of Topliss-reactive ketones (excluding diaryl/α,β-unsaturated/α-hetero) is 2. The molecule has 32 heavy (non-hydrogen) atoms. The molecule has 0 bridgehead atoms. The molecule has 1 saturated heterocycles. The predicted octanol–water partition coefficient (Wildman–Crippen LogP) is 5.90. The summed E-state index contributed by atoms with van der Waals surface area (Å²) in [7, 11) is 0. The van der Waals surface area contributed by atoms with Crippen LogP contribution in [0.5, 0.6) is 0 Å². The molecule has 0 aromatic rings. The summed E-state index contributed by atoms with van der Waals surface area (Å²) in [5.74, 6) is -0.978. The molecule has 1 aliphatic carbocycles. The molecule has 3 atom stereocenters. The summed E-state index contributed by atoms with van der Waals surface area (Å²) < 4.78 is 6.11. The SMILES string of the molecule is CC[C@@H](C)C(=O)C1=C(O)C(C)=C2O[C@H](C(C)(C)O)C[C@]2(C/C=C(\C)CCC=C(C)C)C1=O. The van der Waals surface area contributed by atoms with Gasteiger partial charge in [0.2, 0.25) is 0 Å². The molecule has 1 heterocycles. The molecule has 0 spiro atoms. The highest BCUT2D eigenvalue weighted by molar-refractivity contribution is 6.25. The third-order valence-corrected chi connectivity index (χ3v) is 6.81. The summed E-state index contributed by atoms with van der Waals surface area (Å²) in [6.07, 6.45) is 6.65. The fourth-order valence-electron chi connectivity index (χ4n) is 4.35. The lowest BCUT2D eigenvalue weighted by atomic mass is 9.66. The van der Waals surface area contributed by atoms with E-state index in [2.05, 4.69) is 19.9 Å². The highest BCUT2D eigenvalue weighted by atomic mass is 16.5. The molecule has 1 fully saturated rings. The van der Waals surface area contributed by atoms with Crippen molar-refractivity contribution in [2.24, 2.45) is 11.3 Å². The lowest BCUT2D eigenvalue weighted by Gasteiger charge is -2.32. The molecule has 0 saturated carbocycles. The second-order valence-corrected chi connectivity index (χ2v) is 10.3. The van der Waals surface area contributed by atoms with Crippen LogP contribution in [0.15, 0.2) is 46.0 Å². The first-order chi connectivity index (χ1) is 14.8. The molecule has 2 rings (SSSR count). The second kappa shape index (κ2) is 9.78. The number of ether oxygens (including phenoxy) is 1. The first-order valence-electron chi connectivity index (χ1n) is 11.7. The topological polar surface area (TPSA) is 83.8 Å². The summed E-state index contributed by atoms with van der Waals surface area (Å²) in [5, 5.41) is 21.5. The zero-order chi connectivity index (χ0) is 24.4. The Bertz CT molecular complexity index is 889. The average Bonchev–Trinajstić information content (AvgIpc) is 3.11. The first-order valence-corrected chi connectivity index (χ1v) is 11.7. The Hall–Kier alpha value is -2.14. The number of rotatable bonds is 9. The van der Waals surface area contributed by atoms with Gasteiger partial charge in [-0.15, -0.1) is 0 Å². The predicted molar refractivity (Wildman–Crippen MR) is 127 cm³/mol. The van der Waals surface area contributed by atoms with E-state index in [-0.39, 0.29) is 35.2 Å². The molecule has 0 amide bonds. The zero-order valence-electron chi connectivity index (χ0n) is 21.0. The van der Waals surface area contributed by atoms with Gasteiger partial charge in [0.1, 0.15) is 23.2 Å². The van der Waals surface area contributed by atoms with Crippen LogP contribution < -0.4 is 0 Å². The second-order valence-electron chi connectivity index (χ2n) is 10.3. The van der Waals surface area contributed by atoms with Crippen LogP contribution in [0.2, 0.25) is 0 Å². The lowest BCUT2D eigenvalue weighted by Crippen LogP contribution is -2.41. The highest BCUT2D eigenvalue weighted by Gasteiger charge is 2.58. The van der Waals surface area contributed by atoms with Gasteiger partial charge in [0, 0.05) is 17.9 Å². The summed E-state index contributed by atoms with van der Waals surface area (Å²) in [4.78, 5) is 26.9. The van der Waals surface area contributed by atoms with E-state index in [0.29, 0.717) is 24.2 Å². The van der Waals surface area contributed by atoms with Gasteiger partial charge in [-0.1, -0.05) is 37.1 Å². The number of hydrogen-bond acceptors (Lipinski definition) is 5. The molecular weight excluding hydrogens is 404 g/mol. The smallest absolute Gasteiger partial charge is 0.184 e. The maximum atomic E-state index is 13.9. The molecule has 0 radical (unpaired) electrons. The van der Waals surface area contributed by atoms with Crippen LogP contribution in [0.25, 0.3) is 0 Å². The molecule has 0 aromatic carbocycles. The Morgan fingerprint density at radius 1 is 1.28 bits per heavy atom. The van der Waals surface area contributed by atoms with Gasteiger partial charge in [-0.05, 0) is 67.2 Å². The van der Waals surface area contributed by atoms with Crippen molar-refractivity contribution < 1.29 is 24.5 Å². The van der Waals surface area contributed by atoms with E-state index in [1.807, 2.05) is 19.9 Å². The Morgan fingerprint density at radius 3 is 2.44 bits per heavy atom. The standard InChI is InChI=1S/C27H40O5/c1-9-18(5)22(28)21-23(29)19(6)25-27(24(21)30,15-20(32-25)26(7,8)31)14-13-17(4)12-10-11-16(2)3/h11,13,18,20,29,31H,9-10,12,14-15H2,1-8H3/b17-13+/t18-,20+,27-/m1/s1. The van der Waals surface area contributed by atoms with Gasteiger partial charge < -0.3 is 14.9 Å². The van der Waals surface area contributed by atoms with Crippen LogP contribution >= 0.6 is 0 Å². The van der Waals surface area contributed by atoms with E-state index in [1.165, 1.54) is 5.57 Å². The van der Waals surface area contributed by atoms with Crippen molar-refractivity contribution in [1.29, 1.82) is 0 Å². The average molecular weight is 445 g/mol. The number of allylic oxidation sites excluding steroid dienone is 7. The Morgan fingerprint density at radius 2 is 1.91 bits per heavy atom. The molecule has 5 heteroatoms. The maximum Gasteiger partial charge on any atom is 0.184 e. The molecule has 2 N–H and O–H groups in total. The number of aliphatic hydroxyl groups is 2. The van der Waals surface area contributed by atoms with Crippen LogP contribution in [0, 0.1) is 11.3 Å². The minimum Gasteiger partial charge on any atom is -0.507 e. The minimum absolute atomic E-state index is 0.115. The van der Waals surface area contributed by atoms with E-state index < -0.39 is 17.1 Å². The summed E-state index contributed by atoms with van der Waals surface area (Å²) in [6.45, 7) is 14.8. The summed E-state index contributed by atoms with van der Waals surface area (Å²) in [6, 6.07) is 0. The van der Waals surface area contributed by atoms with Crippen molar-refractivity contribution in [2.75, 3.05) is 0 Å². The van der Waals surface area contributed by atoms with E-state index >= 15 is 0 Å². The van der Waals surface area contributed by atoms with Crippen molar-refractivity contribution in [3.05, 3.63) is 46.0 Å². The van der Waals surface area contributed by atoms with Crippen molar-refractivity contribution in [3.63, 3.8) is 0 Å². The number of fused-ring (bicyclic) bond motifs is 1. The van der Waals surface area contributed by atoms with Gasteiger partial charge in [-0.3, -0.25) is 9.59 Å². The van der Waals surface area contributed by atoms with E-state index in [4.69, 9.17) is 4.74 Å². The van der Waals surface area contributed by atoms with Gasteiger partial charge >= 0.3 is 0 Å². The van der Waals surface area contributed by atoms with Crippen LogP contribution in [-0.2, 0) is 14.3 Å². The van der Waals surface area contributed by atoms with Crippen LogP contribution in [0.1, 0.15) is 87.5 Å². The number of hydrogen-bond donors (Lipinski definition) is 2. The van der Waals surface area contributed by atoms with Gasteiger partial charge in [-0.2, -0.15) is 0 Å². The fraction of sp³-hybridized carbons (Fsp3) is 0.630. The number of carbonyl (C=O) groups excluding carboxylic acids is 2. The zero-order valence-corrected chi connectivity index (χ0v) is 21.0. The normalized spacial score (nSPS) is 25.0. The number of aliphatic hydroxyl groups excluding tert-OH is 1. The largest absolute Gasteiger partial charge is 0.507 e. The molecule has 178 valence electrons. The third-order valence-electron chi connectivity index (χ3n) is 6.81. The van der Waals surface area contributed by atoms with Crippen molar-refractivity contribution in [1.82, 2.24) is 0 Å². The van der Waals surface area contributed by atoms with E-state index in [1.54, 1.807) is 27.7 Å². The Kier molecular flexibility index (Phi) is 7.98. The van der Waals surface area contributed by atoms with Crippen LogP contribution in [0.3, 0.4) is 0 Å². The van der Waals surface area contributed by atoms with E-state index in [9.17, 15) is 19.8 Å². The minimum atomic E-state index is -1.17. The number of carbonyl (C=O) groups is 2. The molecular formula is C27H40O5. The quantitative estimate of drug-likeness (QED) is 0.342. The van der Waals surface area contributed by atoms with E-state index in [0.717, 1.165) is 18.4 Å². The molecule has 0 aromatic heterocycles. The van der Waals surface area contributed by atoms with Crippen LogP contribution in [0.4, 0.5) is 0 Å². The summed E-state index contributed by atoms with van der Waals surface area (Å²) >= 11 is 0. The molecule has 5 nitrogen and oxygen atoms in total. The van der Waals surface area contributed by atoms with Crippen molar-refractivity contribution >= 4 is 11.6 Å². The number of ketones is 2. The molecule has 0 unspecified atom stereocenters. The van der Waals surface area contributed by atoms with Gasteiger partial charge in [0.05, 0.1) is 11.0 Å². The Balaban J connectivity index is 2.52. The first kappa shape index (κ1) is 26.1. The monoisotopic (exact) mass is 444 g/mol. The lowest BCUT2D eigenvalue weighted by molar-refractivity contribution is -0.128. The van der Waals surface area contributed by atoms with Gasteiger partial charge in [-0.25, -0.2) is 0 Å². The Labute approximate surface area is 192 Å². The van der Waals surface area contributed by atoms with Crippen molar-refractivity contribution in [3.8, 4) is 0 Å². The molecule has 1 aliphatic heterocycles. The fourth-order valence-corrected chi connectivity index (χ4v) is 4.35. The van der Waals surface area contributed by atoms with Crippen molar-refractivity contribution in [2.45, 2.75) is 99.2 Å². The van der Waals surface area contributed by atoms with Gasteiger partial charge in [0.15, 0.2) is 11.6 Å². The maximum absolute atomic E-state index is 13.9. The van der Waals surface area contributed by atoms with Gasteiger partial charge in [0.25, 0.3) is 0 Å². The van der Waals surface area contributed by atoms with Crippen LogP contribution in [-0.4, -0.2) is 33.5 Å².